The van der Waals surface area contributed by atoms with Gasteiger partial charge in [-0.3, -0.25) is 4.79 Å². The van der Waals surface area contributed by atoms with Gasteiger partial charge in [0.2, 0.25) is 0 Å². The van der Waals surface area contributed by atoms with Gasteiger partial charge in [0.1, 0.15) is 11.7 Å². The summed E-state index contributed by atoms with van der Waals surface area (Å²) in [5.74, 6) is -0.462. The standard InChI is InChI=1S/C14H13F3N2O2/c1-13(5-2-6-21-13)12(20)19-11-4-3-10(14(15,16)17)7-9(11)8-18/h3-4,7H,2,5-6H2,1H3,(H,19,20). The molecule has 0 saturated carbocycles. The fourth-order valence-corrected chi connectivity index (χ4v) is 2.13. The molecule has 1 saturated heterocycles. The fraction of sp³-hybridized carbons (Fsp3) is 0.429. The zero-order valence-corrected chi connectivity index (χ0v) is 11.3. The number of nitriles is 1. The predicted octanol–water partition coefficient (Wildman–Crippen LogP) is 3.08. The largest absolute Gasteiger partial charge is 0.416 e. The Morgan fingerprint density at radius 2 is 2.19 bits per heavy atom. The van der Waals surface area contributed by atoms with E-state index in [0.29, 0.717) is 19.1 Å². The molecule has 4 nitrogen and oxygen atoms in total. The summed E-state index contributed by atoms with van der Waals surface area (Å²) in [6, 6.07) is 4.29. The molecule has 21 heavy (non-hydrogen) atoms. The third kappa shape index (κ3) is 3.16. The summed E-state index contributed by atoms with van der Waals surface area (Å²) in [6.07, 6.45) is -3.27. The minimum absolute atomic E-state index is 0.0484. The third-order valence-electron chi connectivity index (χ3n) is 3.41. The Morgan fingerprint density at radius 3 is 2.71 bits per heavy atom. The van der Waals surface area contributed by atoms with E-state index in [0.717, 1.165) is 18.6 Å². The minimum atomic E-state index is -4.53. The zero-order valence-electron chi connectivity index (χ0n) is 11.3. The van der Waals surface area contributed by atoms with Gasteiger partial charge in [0, 0.05) is 6.61 Å². The minimum Gasteiger partial charge on any atom is -0.365 e. The second-order valence-electron chi connectivity index (χ2n) is 5.01. The van der Waals surface area contributed by atoms with E-state index in [-0.39, 0.29) is 11.3 Å². The Hall–Kier alpha value is -2.07. The number of rotatable bonds is 2. The summed E-state index contributed by atoms with van der Waals surface area (Å²) in [5.41, 5.74) is -2.12. The molecule has 1 aromatic rings. The van der Waals surface area contributed by atoms with Crippen LogP contribution in [0.4, 0.5) is 18.9 Å². The first-order valence-electron chi connectivity index (χ1n) is 6.33. The lowest BCUT2D eigenvalue weighted by Crippen LogP contribution is -2.39. The number of hydrogen-bond donors (Lipinski definition) is 1. The number of carbonyl (C=O) groups is 1. The van der Waals surface area contributed by atoms with Crippen molar-refractivity contribution in [3.05, 3.63) is 29.3 Å². The van der Waals surface area contributed by atoms with Crippen LogP contribution in [0.25, 0.3) is 0 Å². The quantitative estimate of drug-likeness (QED) is 0.912. The van der Waals surface area contributed by atoms with Crippen LogP contribution in [0.5, 0.6) is 0 Å². The molecule has 0 aromatic heterocycles. The van der Waals surface area contributed by atoms with Crippen molar-refractivity contribution in [3.8, 4) is 6.07 Å². The summed E-state index contributed by atoms with van der Waals surface area (Å²) in [7, 11) is 0. The molecular formula is C14H13F3N2O2. The highest BCUT2D eigenvalue weighted by atomic mass is 19.4. The van der Waals surface area contributed by atoms with Crippen molar-refractivity contribution in [1.82, 2.24) is 0 Å². The summed E-state index contributed by atoms with van der Waals surface area (Å²) >= 11 is 0. The van der Waals surface area contributed by atoms with Crippen LogP contribution < -0.4 is 5.32 Å². The van der Waals surface area contributed by atoms with E-state index in [1.165, 1.54) is 0 Å². The van der Waals surface area contributed by atoms with E-state index in [9.17, 15) is 18.0 Å². The van der Waals surface area contributed by atoms with Gasteiger partial charge in [0.15, 0.2) is 0 Å². The average molecular weight is 298 g/mol. The second kappa shape index (κ2) is 5.37. The summed E-state index contributed by atoms with van der Waals surface area (Å²) < 4.78 is 43.1. The number of alkyl halides is 3. The topological polar surface area (TPSA) is 62.1 Å². The van der Waals surface area contributed by atoms with Gasteiger partial charge in [-0.15, -0.1) is 0 Å². The van der Waals surface area contributed by atoms with E-state index in [2.05, 4.69) is 5.32 Å². The molecule has 1 N–H and O–H groups in total. The van der Waals surface area contributed by atoms with Crippen LogP contribution in [-0.4, -0.2) is 18.1 Å². The first-order chi connectivity index (χ1) is 9.76. The van der Waals surface area contributed by atoms with Crippen molar-refractivity contribution in [2.24, 2.45) is 0 Å². The van der Waals surface area contributed by atoms with Gasteiger partial charge in [-0.25, -0.2) is 0 Å². The molecule has 1 heterocycles. The van der Waals surface area contributed by atoms with Crippen LogP contribution in [0, 0.1) is 11.3 Å². The summed E-state index contributed by atoms with van der Waals surface area (Å²) in [6.45, 7) is 2.08. The molecule has 1 unspecified atom stereocenters. The van der Waals surface area contributed by atoms with E-state index in [4.69, 9.17) is 10.00 Å². The van der Waals surface area contributed by atoms with Crippen LogP contribution in [-0.2, 0) is 15.7 Å². The van der Waals surface area contributed by atoms with Crippen LogP contribution in [0.15, 0.2) is 18.2 Å². The van der Waals surface area contributed by atoms with Crippen LogP contribution in [0.2, 0.25) is 0 Å². The number of amides is 1. The molecule has 1 aromatic carbocycles. The van der Waals surface area contributed by atoms with E-state index in [1.54, 1.807) is 13.0 Å². The number of nitrogens with one attached hydrogen (secondary N) is 1. The summed E-state index contributed by atoms with van der Waals surface area (Å²) in [4.78, 5) is 12.1. The van der Waals surface area contributed by atoms with Crippen LogP contribution >= 0.6 is 0 Å². The Labute approximate surface area is 119 Å². The molecule has 1 atom stereocenters. The number of anilines is 1. The monoisotopic (exact) mass is 298 g/mol. The lowest BCUT2D eigenvalue weighted by Gasteiger charge is -2.22. The van der Waals surface area contributed by atoms with E-state index in [1.807, 2.05) is 0 Å². The number of nitrogens with zero attached hydrogens (tertiary/aromatic N) is 1. The predicted molar refractivity (Wildman–Crippen MR) is 68.4 cm³/mol. The van der Waals surface area contributed by atoms with Crippen molar-refractivity contribution in [3.63, 3.8) is 0 Å². The molecule has 0 radical (unpaired) electrons. The molecule has 112 valence electrons. The third-order valence-corrected chi connectivity index (χ3v) is 3.41. The Balaban J connectivity index is 2.25. The molecule has 1 aliphatic heterocycles. The highest BCUT2D eigenvalue weighted by molar-refractivity contribution is 5.98. The van der Waals surface area contributed by atoms with Crippen molar-refractivity contribution >= 4 is 11.6 Å². The van der Waals surface area contributed by atoms with Gasteiger partial charge >= 0.3 is 6.18 Å². The van der Waals surface area contributed by atoms with Gasteiger partial charge < -0.3 is 10.1 Å². The van der Waals surface area contributed by atoms with Crippen molar-refractivity contribution in [1.29, 1.82) is 5.26 Å². The maximum atomic E-state index is 12.6. The second-order valence-corrected chi connectivity index (χ2v) is 5.01. The molecule has 1 aliphatic rings. The molecule has 2 rings (SSSR count). The van der Waals surface area contributed by atoms with Crippen molar-refractivity contribution in [2.75, 3.05) is 11.9 Å². The number of benzene rings is 1. The number of hydrogen-bond acceptors (Lipinski definition) is 3. The van der Waals surface area contributed by atoms with Crippen molar-refractivity contribution in [2.45, 2.75) is 31.5 Å². The Kier molecular flexibility index (Phi) is 3.92. The smallest absolute Gasteiger partial charge is 0.365 e. The van der Waals surface area contributed by atoms with Gasteiger partial charge in [-0.2, -0.15) is 18.4 Å². The van der Waals surface area contributed by atoms with Crippen molar-refractivity contribution < 1.29 is 22.7 Å². The fourth-order valence-electron chi connectivity index (χ4n) is 2.13. The van der Waals surface area contributed by atoms with E-state index >= 15 is 0 Å². The van der Waals surface area contributed by atoms with Gasteiger partial charge in [0.25, 0.3) is 5.91 Å². The highest BCUT2D eigenvalue weighted by Crippen LogP contribution is 2.32. The normalized spacial score (nSPS) is 21.9. The molecule has 1 fully saturated rings. The number of halogens is 3. The first-order valence-corrected chi connectivity index (χ1v) is 6.33. The zero-order chi connectivity index (χ0) is 15.7. The van der Waals surface area contributed by atoms with Gasteiger partial charge in [-0.1, -0.05) is 0 Å². The maximum Gasteiger partial charge on any atom is 0.416 e. The Bertz CT molecular complexity index is 599. The van der Waals surface area contributed by atoms with Crippen LogP contribution in [0.3, 0.4) is 0 Å². The van der Waals surface area contributed by atoms with Gasteiger partial charge in [-0.05, 0) is 38.0 Å². The number of carbonyl (C=O) groups excluding carboxylic acids is 1. The molecule has 1 amide bonds. The van der Waals surface area contributed by atoms with E-state index < -0.39 is 23.2 Å². The van der Waals surface area contributed by atoms with Gasteiger partial charge in [0.05, 0.1) is 16.8 Å². The maximum absolute atomic E-state index is 12.6. The molecule has 7 heteroatoms. The SMILES string of the molecule is CC1(C(=O)Nc2ccc(C(F)(F)F)cc2C#N)CCCO1. The molecule has 0 spiro atoms. The average Bonchev–Trinajstić information content (AvgIpc) is 2.86. The number of ether oxygens (including phenoxy) is 1. The highest BCUT2D eigenvalue weighted by Gasteiger charge is 2.38. The Morgan fingerprint density at radius 1 is 1.48 bits per heavy atom. The summed E-state index contributed by atoms with van der Waals surface area (Å²) in [5, 5.41) is 11.4. The lowest BCUT2D eigenvalue weighted by molar-refractivity contribution is -0.137. The first kappa shape index (κ1) is 15.3. The molecule has 0 bridgehead atoms. The van der Waals surface area contributed by atoms with Crippen LogP contribution in [0.1, 0.15) is 30.9 Å². The lowest BCUT2D eigenvalue weighted by atomic mass is 10.0. The molecule has 0 aliphatic carbocycles. The molecular weight excluding hydrogens is 285 g/mol.